The maximum absolute atomic E-state index is 9.30. The van der Waals surface area contributed by atoms with Crippen LogP contribution in [-0.2, 0) is 11.2 Å². The van der Waals surface area contributed by atoms with Crippen molar-refractivity contribution in [1.29, 1.82) is 5.26 Å². The fraction of sp³-hybridized carbons (Fsp3) is 0.167. The summed E-state index contributed by atoms with van der Waals surface area (Å²) in [5.74, 6) is 0.715. The van der Waals surface area contributed by atoms with Gasteiger partial charge in [0.05, 0.1) is 5.57 Å². The number of hydrogen-bond acceptors (Lipinski definition) is 2. The average Bonchev–Trinajstić information content (AvgIpc) is 2.49. The number of allylic oxidation sites excluding steroid dienone is 2. The van der Waals surface area contributed by atoms with Gasteiger partial charge in [0.2, 0.25) is 0 Å². The highest BCUT2D eigenvalue weighted by atomic mass is 16.5. The zero-order chi connectivity index (χ0) is 13.9. The summed E-state index contributed by atoms with van der Waals surface area (Å²) in [7, 11) is 0. The van der Waals surface area contributed by atoms with E-state index >= 15 is 0 Å². The van der Waals surface area contributed by atoms with Crippen molar-refractivity contribution in [1.82, 2.24) is 0 Å². The molecule has 0 saturated carbocycles. The van der Waals surface area contributed by atoms with Crippen LogP contribution in [-0.4, -0.2) is 0 Å². The third kappa shape index (κ3) is 2.19. The van der Waals surface area contributed by atoms with E-state index in [1.165, 1.54) is 5.56 Å². The first kappa shape index (κ1) is 12.5. The lowest BCUT2D eigenvalue weighted by Gasteiger charge is -2.27. The molecule has 0 aliphatic carbocycles. The van der Waals surface area contributed by atoms with E-state index in [2.05, 4.69) is 18.2 Å². The summed E-state index contributed by atoms with van der Waals surface area (Å²) in [6, 6.07) is 20.5. The Hall–Kier alpha value is -2.53. The highest BCUT2D eigenvalue weighted by Gasteiger charge is 2.25. The van der Waals surface area contributed by atoms with Crippen LogP contribution in [0, 0.1) is 11.3 Å². The molecule has 0 saturated heterocycles. The van der Waals surface area contributed by atoms with Crippen LogP contribution in [0.15, 0.2) is 60.4 Å². The number of hydrogen-bond donors (Lipinski definition) is 0. The summed E-state index contributed by atoms with van der Waals surface area (Å²) < 4.78 is 5.98. The van der Waals surface area contributed by atoms with Gasteiger partial charge in [-0.1, -0.05) is 54.6 Å². The Labute approximate surface area is 118 Å². The lowest BCUT2D eigenvalue weighted by atomic mass is 9.90. The van der Waals surface area contributed by atoms with E-state index in [-0.39, 0.29) is 6.10 Å². The highest BCUT2D eigenvalue weighted by Crippen LogP contribution is 2.37. The second kappa shape index (κ2) is 5.22. The molecule has 1 aliphatic heterocycles. The molecule has 1 atom stereocenters. The minimum absolute atomic E-state index is 0.0225. The summed E-state index contributed by atoms with van der Waals surface area (Å²) in [5, 5.41) is 9.30. The lowest BCUT2D eigenvalue weighted by molar-refractivity contribution is 0.115. The molecule has 0 N–H and O–H groups in total. The summed E-state index contributed by atoms with van der Waals surface area (Å²) in [6.07, 6.45) is 0.791. The fourth-order valence-corrected chi connectivity index (χ4v) is 2.65. The van der Waals surface area contributed by atoms with E-state index < -0.39 is 0 Å². The van der Waals surface area contributed by atoms with E-state index in [0.29, 0.717) is 11.3 Å². The van der Waals surface area contributed by atoms with Gasteiger partial charge in [0.25, 0.3) is 0 Å². The standard InChI is InChI=1S/C18H15NO/c1-13-17(12-19)15-9-5-6-10-16(15)18(20-13)11-14-7-3-2-4-8-14/h2-10,18H,11H2,1H3. The second-order valence-electron chi connectivity index (χ2n) is 4.93. The molecule has 0 fully saturated rings. The van der Waals surface area contributed by atoms with Crippen molar-refractivity contribution in [3.05, 3.63) is 77.0 Å². The van der Waals surface area contributed by atoms with Crippen LogP contribution >= 0.6 is 0 Å². The van der Waals surface area contributed by atoms with Gasteiger partial charge < -0.3 is 4.74 Å². The minimum atomic E-state index is -0.0225. The van der Waals surface area contributed by atoms with Crippen LogP contribution in [0.1, 0.15) is 29.7 Å². The third-order valence-corrected chi connectivity index (χ3v) is 3.62. The third-order valence-electron chi connectivity index (χ3n) is 3.62. The van der Waals surface area contributed by atoms with Gasteiger partial charge >= 0.3 is 0 Å². The molecule has 0 spiro atoms. The summed E-state index contributed by atoms with van der Waals surface area (Å²) in [5.41, 5.74) is 3.98. The molecule has 2 heteroatoms. The Balaban J connectivity index is 2.00. The van der Waals surface area contributed by atoms with E-state index in [4.69, 9.17) is 4.74 Å². The molecule has 0 amide bonds. The molecule has 1 heterocycles. The van der Waals surface area contributed by atoms with Gasteiger partial charge in [0, 0.05) is 17.5 Å². The van der Waals surface area contributed by atoms with Crippen LogP contribution in [0.5, 0.6) is 0 Å². The molecule has 0 aromatic heterocycles. The van der Waals surface area contributed by atoms with E-state index in [1.807, 2.05) is 49.4 Å². The van der Waals surface area contributed by atoms with Crippen LogP contribution < -0.4 is 0 Å². The predicted molar refractivity (Wildman–Crippen MR) is 78.6 cm³/mol. The fourth-order valence-electron chi connectivity index (χ4n) is 2.65. The van der Waals surface area contributed by atoms with Crippen molar-refractivity contribution in [2.75, 3.05) is 0 Å². The van der Waals surface area contributed by atoms with Crippen molar-refractivity contribution in [3.8, 4) is 6.07 Å². The zero-order valence-electron chi connectivity index (χ0n) is 11.3. The monoisotopic (exact) mass is 261 g/mol. The SMILES string of the molecule is CC1=C(C#N)c2ccccc2C(Cc2ccccc2)O1. The minimum Gasteiger partial charge on any atom is -0.489 e. The largest absolute Gasteiger partial charge is 0.489 e. The first-order valence-electron chi connectivity index (χ1n) is 6.70. The predicted octanol–water partition coefficient (Wildman–Crippen LogP) is 4.26. The Bertz CT molecular complexity index is 695. The number of nitrogens with zero attached hydrogens (tertiary/aromatic N) is 1. The van der Waals surface area contributed by atoms with Crippen molar-refractivity contribution in [2.24, 2.45) is 0 Å². The molecule has 20 heavy (non-hydrogen) atoms. The van der Waals surface area contributed by atoms with Gasteiger partial charge in [-0.25, -0.2) is 0 Å². The Kier molecular flexibility index (Phi) is 3.26. The molecular formula is C18H15NO. The Morgan fingerprint density at radius 2 is 1.75 bits per heavy atom. The quantitative estimate of drug-likeness (QED) is 0.809. The molecule has 2 aromatic rings. The zero-order valence-corrected chi connectivity index (χ0v) is 11.3. The number of benzene rings is 2. The van der Waals surface area contributed by atoms with E-state index in [1.54, 1.807) is 0 Å². The van der Waals surface area contributed by atoms with Gasteiger partial charge in [-0.3, -0.25) is 0 Å². The molecule has 0 radical (unpaired) electrons. The average molecular weight is 261 g/mol. The van der Waals surface area contributed by atoms with Crippen LogP contribution in [0.2, 0.25) is 0 Å². The lowest BCUT2D eigenvalue weighted by Crippen LogP contribution is -2.14. The van der Waals surface area contributed by atoms with Gasteiger partial charge in [0.1, 0.15) is 17.9 Å². The molecule has 1 aliphatic rings. The molecule has 0 bridgehead atoms. The maximum Gasteiger partial charge on any atom is 0.128 e. The van der Waals surface area contributed by atoms with Gasteiger partial charge in [0.15, 0.2) is 0 Å². The van der Waals surface area contributed by atoms with Gasteiger partial charge in [-0.15, -0.1) is 0 Å². The van der Waals surface area contributed by atoms with E-state index in [0.717, 1.165) is 17.5 Å². The summed E-state index contributed by atoms with van der Waals surface area (Å²) >= 11 is 0. The molecule has 1 unspecified atom stereocenters. The van der Waals surface area contributed by atoms with Crippen molar-refractivity contribution in [2.45, 2.75) is 19.4 Å². The molecule has 2 nitrogen and oxygen atoms in total. The van der Waals surface area contributed by atoms with Crippen LogP contribution in [0.4, 0.5) is 0 Å². The van der Waals surface area contributed by atoms with Gasteiger partial charge in [-0.2, -0.15) is 5.26 Å². The van der Waals surface area contributed by atoms with Crippen LogP contribution in [0.3, 0.4) is 0 Å². The van der Waals surface area contributed by atoms with Crippen LogP contribution in [0.25, 0.3) is 5.57 Å². The number of ether oxygens (including phenoxy) is 1. The summed E-state index contributed by atoms with van der Waals surface area (Å²) in [4.78, 5) is 0. The van der Waals surface area contributed by atoms with Crippen molar-refractivity contribution >= 4 is 5.57 Å². The van der Waals surface area contributed by atoms with Crippen molar-refractivity contribution in [3.63, 3.8) is 0 Å². The number of rotatable bonds is 2. The molecule has 3 rings (SSSR count). The van der Waals surface area contributed by atoms with Crippen molar-refractivity contribution < 1.29 is 4.74 Å². The Morgan fingerprint density at radius 3 is 2.50 bits per heavy atom. The highest BCUT2D eigenvalue weighted by molar-refractivity contribution is 5.81. The number of nitriles is 1. The normalized spacial score (nSPS) is 17.1. The smallest absolute Gasteiger partial charge is 0.128 e. The second-order valence-corrected chi connectivity index (χ2v) is 4.93. The maximum atomic E-state index is 9.30. The first-order valence-corrected chi connectivity index (χ1v) is 6.70. The van der Waals surface area contributed by atoms with Gasteiger partial charge in [-0.05, 0) is 12.5 Å². The Morgan fingerprint density at radius 1 is 1.05 bits per heavy atom. The van der Waals surface area contributed by atoms with E-state index in [9.17, 15) is 5.26 Å². The molecule has 2 aromatic carbocycles. The topological polar surface area (TPSA) is 33.0 Å². The summed E-state index contributed by atoms with van der Waals surface area (Å²) in [6.45, 7) is 1.87. The molecular weight excluding hydrogens is 246 g/mol. The first-order chi connectivity index (χ1) is 9.79. The molecule has 98 valence electrons. The number of fused-ring (bicyclic) bond motifs is 1.